The molecule has 88 valence electrons. The number of hydrogen-bond acceptors (Lipinski definition) is 4. The molecule has 0 radical (unpaired) electrons. The highest BCUT2D eigenvalue weighted by atomic mass is 32.2. The fourth-order valence-corrected chi connectivity index (χ4v) is 3.73. The van der Waals surface area contributed by atoms with Gasteiger partial charge < -0.3 is 10.5 Å². The Morgan fingerprint density at radius 1 is 1.60 bits per heavy atom. The largest absolute Gasteiger partial charge is 0.381 e. The molecule has 0 saturated carbocycles. The highest BCUT2D eigenvalue weighted by molar-refractivity contribution is 7.99. The molecule has 0 aromatic rings. The third-order valence-electron chi connectivity index (χ3n) is 3.60. The van der Waals surface area contributed by atoms with E-state index in [-0.39, 0.29) is 0 Å². The van der Waals surface area contributed by atoms with Crippen molar-refractivity contribution >= 4 is 11.8 Å². The van der Waals surface area contributed by atoms with Gasteiger partial charge >= 0.3 is 0 Å². The Balaban J connectivity index is 1.97. The van der Waals surface area contributed by atoms with E-state index in [2.05, 4.69) is 23.6 Å². The minimum atomic E-state index is 0.545. The quantitative estimate of drug-likeness (QED) is 0.778. The first kappa shape index (κ1) is 11.7. The second kappa shape index (κ2) is 5.53. The van der Waals surface area contributed by atoms with Crippen LogP contribution >= 0.6 is 11.8 Å². The maximum atomic E-state index is 5.94. The normalized spacial score (nSPS) is 35.6. The molecular formula is C11H22N2OS. The Hall–Kier alpha value is 0.230. The topological polar surface area (TPSA) is 38.5 Å². The van der Waals surface area contributed by atoms with Gasteiger partial charge in [-0.3, -0.25) is 4.90 Å². The maximum absolute atomic E-state index is 5.94. The lowest BCUT2D eigenvalue weighted by Gasteiger charge is -2.41. The fourth-order valence-electron chi connectivity index (χ4n) is 2.69. The number of nitrogens with zero attached hydrogens (tertiary/aromatic N) is 1. The average molecular weight is 230 g/mol. The molecule has 2 aliphatic rings. The molecule has 0 aromatic heterocycles. The first-order valence-electron chi connectivity index (χ1n) is 5.94. The molecule has 0 aliphatic carbocycles. The Labute approximate surface area is 96.7 Å². The van der Waals surface area contributed by atoms with Crippen molar-refractivity contribution in [1.29, 1.82) is 0 Å². The zero-order chi connectivity index (χ0) is 10.7. The summed E-state index contributed by atoms with van der Waals surface area (Å²) >= 11 is 2.06. The van der Waals surface area contributed by atoms with Crippen LogP contribution in [0.25, 0.3) is 0 Å². The monoisotopic (exact) mass is 230 g/mol. The minimum absolute atomic E-state index is 0.545. The summed E-state index contributed by atoms with van der Waals surface area (Å²) in [4.78, 5) is 2.61. The minimum Gasteiger partial charge on any atom is -0.381 e. The van der Waals surface area contributed by atoms with Crippen LogP contribution in [0.2, 0.25) is 0 Å². The molecule has 3 atom stereocenters. The summed E-state index contributed by atoms with van der Waals surface area (Å²) in [6.07, 6.45) is 1.19. The molecule has 2 rings (SSSR count). The Morgan fingerprint density at radius 3 is 3.07 bits per heavy atom. The van der Waals surface area contributed by atoms with Gasteiger partial charge in [0.2, 0.25) is 0 Å². The van der Waals surface area contributed by atoms with Crippen LogP contribution in [0.3, 0.4) is 0 Å². The van der Waals surface area contributed by atoms with Crippen LogP contribution < -0.4 is 5.73 Å². The van der Waals surface area contributed by atoms with Crippen molar-refractivity contribution in [1.82, 2.24) is 4.90 Å². The second-order valence-electron chi connectivity index (χ2n) is 4.59. The van der Waals surface area contributed by atoms with Gasteiger partial charge in [0, 0.05) is 49.2 Å². The smallest absolute Gasteiger partial charge is 0.0510 e. The van der Waals surface area contributed by atoms with E-state index in [9.17, 15) is 0 Å². The molecule has 2 fully saturated rings. The predicted molar refractivity (Wildman–Crippen MR) is 65.3 cm³/mol. The molecule has 0 bridgehead atoms. The molecule has 0 amide bonds. The standard InChI is InChI=1S/C11H22N2OS/c1-9-8-15-5-3-13(9)11(6-12)10-2-4-14-7-10/h9-11H,2-8,12H2,1H3. The van der Waals surface area contributed by atoms with Crippen LogP contribution in [0.5, 0.6) is 0 Å². The lowest BCUT2D eigenvalue weighted by Crippen LogP contribution is -2.53. The van der Waals surface area contributed by atoms with Crippen LogP contribution in [-0.4, -0.2) is 54.8 Å². The van der Waals surface area contributed by atoms with E-state index in [0.717, 1.165) is 19.8 Å². The van der Waals surface area contributed by atoms with E-state index in [1.165, 1.54) is 24.5 Å². The summed E-state index contributed by atoms with van der Waals surface area (Å²) in [6.45, 7) is 6.15. The Morgan fingerprint density at radius 2 is 2.47 bits per heavy atom. The van der Waals surface area contributed by atoms with Crippen LogP contribution in [0, 0.1) is 5.92 Å². The SMILES string of the molecule is CC1CSCCN1C(CN)C1CCOC1. The Bertz CT molecular complexity index is 197. The molecule has 2 saturated heterocycles. The zero-order valence-corrected chi connectivity index (χ0v) is 10.3. The van der Waals surface area contributed by atoms with Gasteiger partial charge in [0.1, 0.15) is 0 Å². The lowest BCUT2D eigenvalue weighted by molar-refractivity contribution is 0.102. The van der Waals surface area contributed by atoms with Crippen molar-refractivity contribution in [3.05, 3.63) is 0 Å². The molecule has 3 unspecified atom stereocenters. The van der Waals surface area contributed by atoms with Crippen LogP contribution in [0.15, 0.2) is 0 Å². The van der Waals surface area contributed by atoms with Crippen molar-refractivity contribution in [3.8, 4) is 0 Å². The van der Waals surface area contributed by atoms with Gasteiger partial charge in [-0.2, -0.15) is 11.8 Å². The molecule has 15 heavy (non-hydrogen) atoms. The van der Waals surface area contributed by atoms with E-state index in [1.807, 2.05) is 0 Å². The summed E-state index contributed by atoms with van der Waals surface area (Å²) < 4.78 is 5.48. The van der Waals surface area contributed by atoms with Crippen molar-refractivity contribution in [3.63, 3.8) is 0 Å². The van der Waals surface area contributed by atoms with E-state index in [0.29, 0.717) is 18.0 Å². The highest BCUT2D eigenvalue weighted by Gasteiger charge is 2.33. The fraction of sp³-hybridized carbons (Fsp3) is 1.00. The van der Waals surface area contributed by atoms with Gasteiger partial charge in [-0.1, -0.05) is 0 Å². The number of ether oxygens (including phenoxy) is 1. The van der Waals surface area contributed by atoms with Gasteiger partial charge in [-0.25, -0.2) is 0 Å². The van der Waals surface area contributed by atoms with Gasteiger partial charge in [0.25, 0.3) is 0 Å². The summed E-state index contributed by atoms with van der Waals surface area (Å²) in [5.74, 6) is 3.18. The van der Waals surface area contributed by atoms with E-state index < -0.39 is 0 Å². The molecular weight excluding hydrogens is 208 g/mol. The number of hydrogen-bond donors (Lipinski definition) is 1. The molecule has 3 nitrogen and oxygen atoms in total. The Kier molecular flexibility index (Phi) is 4.31. The maximum Gasteiger partial charge on any atom is 0.0510 e. The molecule has 0 spiro atoms. The van der Waals surface area contributed by atoms with E-state index in [4.69, 9.17) is 10.5 Å². The number of nitrogens with two attached hydrogens (primary N) is 1. The molecule has 2 N–H and O–H groups in total. The van der Waals surface area contributed by atoms with Crippen molar-refractivity contribution < 1.29 is 4.74 Å². The van der Waals surface area contributed by atoms with E-state index >= 15 is 0 Å². The van der Waals surface area contributed by atoms with Crippen LogP contribution in [0.4, 0.5) is 0 Å². The third-order valence-corrected chi connectivity index (χ3v) is 4.78. The van der Waals surface area contributed by atoms with Gasteiger partial charge in [-0.15, -0.1) is 0 Å². The lowest BCUT2D eigenvalue weighted by atomic mass is 9.96. The molecule has 4 heteroatoms. The molecule has 2 aliphatic heterocycles. The van der Waals surface area contributed by atoms with Crippen molar-refractivity contribution in [2.24, 2.45) is 11.7 Å². The first-order chi connectivity index (χ1) is 7.33. The van der Waals surface area contributed by atoms with Crippen LogP contribution in [-0.2, 0) is 4.74 Å². The molecule has 0 aromatic carbocycles. The highest BCUT2D eigenvalue weighted by Crippen LogP contribution is 2.26. The summed E-state index contributed by atoms with van der Waals surface area (Å²) in [7, 11) is 0. The van der Waals surface area contributed by atoms with Gasteiger partial charge in [-0.05, 0) is 13.3 Å². The zero-order valence-electron chi connectivity index (χ0n) is 9.52. The van der Waals surface area contributed by atoms with E-state index in [1.54, 1.807) is 0 Å². The van der Waals surface area contributed by atoms with Gasteiger partial charge in [0.15, 0.2) is 0 Å². The van der Waals surface area contributed by atoms with Crippen LogP contribution in [0.1, 0.15) is 13.3 Å². The number of rotatable bonds is 3. The summed E-state index contributed by atoms with van der Waals surface area (Å²) in [5.41, 5.74) is 5.94. The number of thioether (sulfide) groups is 1. The molecule has 2 heterocycles. The predicted octanol–water partition coefficient (Wildman–Crippen LogP) is 0.788. The summed E-state index contributed by atoms with van der Waals surface area (Å²) in [6, 6.07) is 1.22. The average Bonchev–Trinajstić information content (AvgIpc) is 2.75. The first-order valence-corrected chi connectivity index (χ1v) is 7.09. The summed E-state index contributed by atoms with van der Waals surface area (Å²) in [5, 5.41) is 0. The van der Waals surface area contributed by atoms with Crippen molar-refractivity contribution in [2.75, 3.05) is 37.8 Å². The second-order valence-corrected chi connectivity index (χ2v) is 5.74. The van der Waals surface area contributed by atoms with Gasteiger partial charge in [0.05, 0.1) is 6.61 Å². The third kappa shape index (κ3) is 2.67. The van der Waals surface area contributed by atoms with Crippen molar-refractivity contribution in [2.45, 2.75) is 25.4 Å².